The molecule has 1 saturated carbocycles. The number of hydrogen-bond acceptors (Lipinski definition) is 3. The Labute approximate surface area is 120 Å². The second-order valence-corrected chi connectivity index (χ2v) is 7.28. The van der Waals surface area contributed by atoms with Gasteiger partial charge in [0.2, 0.25) is 5.56 Å². The summed E-state index contributed by atoms with van der Waals surface area (Å²) in [5, 5.41) is 0. The number of H-pyrrole nitrogens is 1. The van der Waals surface area contributed by atoms with Crippen LogP contribution in [-0.2, 0) is 14.7 Å². The molecular weight excluding hydrogens is 253 g/mol. The van der Waals surface area contributed by atoms with Crippen LogP contribution in [0.25, 0.3) is 0 Å². The average Bonchev–Trinajstić information content (AvgIpc) is 3.01. The van der Waals surface area contributed by atoms with E-state index in [1.54, 1.807) is 6.20 Å². The van der Waals surface area contributed by atoms with Gasteiger partial charge in [-0.1, -0.05) is 6.92 Å². The molecule has 1 aromatic heterocycles. The Morgan fingerprint density at radius 2 is 1.65 bits per heavy atom. The third kappa shape index (κ3) is 1.95. The Hall–Kier alpha value is -1.07. The summed E-state index contributed by atoms with van der Waals surface area (Å²) in [5.41, 5.74) is 0.858. The van der Waals surface area contributed by atoms with Gasteiger partial charge in [0, 0.05) is 6.20 Å². The predicted octanol–water partition coefficient (Wildman–Crippen LogP) is 1.73. The SMILES string of the molecule is CC1(c2cc[nH]c(=O)c2B2OC(C)(C)C(C)(C)O2)CC1. The number of nitrogens with one attached hydrogen (secondary N) is 1. The summed E-state index contributed by atoms with van der Waals surface area (Å²) in [6, 6.07) is 1.99. The minimum atomic E-state index is -0.586. The lowest BCUT2D eigenvalue weighted by Gasteiger charge is -2.32. The Kier molecular flexibility index (Phi) is 2.77. The summed E-state index contributed by atoms with van der Waals surface area (Å²) in [5.74, 6) is 0. The van der Waals surface area contributed by atoms with Gasteiger partial charge < -0.3 is 14.3 Å². The maximum absolute atomic E-state index is 12.3. The van der Waals surface area contributed by atoms with E-state index in [0.29, 0.717) is 5.46 Å². The lowest BCUT2D eigenvalue weighted by Crippen LogP contribution is -2.48. The molecule has 2 fully saturated rings. The molecule has 20 heavy (non-hydrogen) atoms. The Bertz CT molecular complexity index is 585. The smallest absolute Gasteiger partial charge is 0.399 e. The highest BCUT2D eigenvalue weighted by Gasteiger charge is 2.54. The molecule has 0 spiro atoms. The van der Waals surface area contributed by atoms with Crippen molar-refractivity contribution < 1.29 is 9.31 Å². The molecular formula is C15H22BNO3. The van der Waals surface area contributed by atoms with E-state index in [-0.39, 0.29) is 11.0 Å². The van der Waals surface area contributed by atoms with Crippen molar-refractivity contribution in [2.45, 2.75) is 64.1 Å². The lowest BCUT2D eigenvalue weighted by atomic mass is 9.73. The number of aromatic nitrogens is 1. The topological polar surface area (TPSA) is 51.3 Å². The summed E-state index contributed by atoms with van der Waals surface area (Å²) in [7, 11) is -0.586. The maximum atomic E-state index is 12.3. The van der Waals surface area contributed by atoms with Crippen LogP contribution >= 0.6 is 0 Å². The van der Waals surface area contributed by atoms with Gasteiger partial charge in [-0.05, 0) is 57.6 Å². The van der Waals surface area contributed by atoms with Gasteiger partial charge >= 0.3 is 7.12 Å². The summed E-state index contributed by atoms with van der Waals surface area (Å²) < 4.78 is 12.1. The number of rotatable bonds is 2. The lowest BCUT2D eigenvalue weighted by molar-refractivity contribution is 0.00578. The minimum absolute atomic E-state index is 0.103. The van der Waals surface area contributed by atoms with Gasteiger partial charge in [-0.2, -0.15) is 0 Å². The normalized spacial score (nSPS) is 25.8. The van der Waals surface area contributed by atoms with Crippen LogP contribution in [0, 0.1) is 0 Å². The van der Waals surface area contributed by atoms with E-state index in [4.69, 9.17) is 9.31 Å². The molecule has 0 unspecified atom stereocenters. The molecule has 0 amide bonds. The monoisotopic (exact) mass is 275 g/mol. The molecule has 1 aromatic rings. The zero-order valence-corrected chi connectivity index (χ0v) is 12.9. The van der Waals surface area contributed by atoms with Crippen LogP contribution < -0.4 is 11.0 Å². The summed E-state index contributed by atoms with van der Waals surface area (Å²) in [6.45, 7) is 10.2. The number of hydrogen-bond donors (Lipinski definition) is 1. The predicted molar refractivity (Wildman–Crippen MR) is 79.4 cm³/mol. The molecule has 4 nitrogen and oxygen atoms in total. The van der Waals surface area contributed by atoms with Crippen molar-refractivity contribution in [2.24, 2.45) is 0 Å². The summed E-state index contributed by atoms with van der Waals surface area (Å²) in [6.07, 6.45) is 3.95. The molecule has 5 heteroatoms. The molecule has 3 rings (SSSR count). The van der Waals surface area contributed by atoms with Crippen LogP contribution in [0.4, 0.5) is 0 Å². The highest BCUT2D eigenvalue weighted by atomic mass is 16.7. The number of pyridine rings is 1. The van der Waals surface area contributed by atoms with E-state index in [2.05, 4.69) is 11.9 Å². The second kappa shape index (κ2) is 3.98. The third-order valence-electron chi connectivity index (χ3n) is 5.14. The first-order valence-corrected chi connectivity index (χ1v) is 7.24. The fourth-order valence-electron chi connectivity index (χ4n) is 2.67. The Morgan fingerprint density at radius 1 is 1.10 bits per heavy atom. The molecule has 2 aliphatic rings. The first-order valence-electron chi connectivity index (χ1n) is 7.24. The second-order valence-electron chi connectivity index (χ2n) is 7.28. The molecule has 108 valence electrons. The molecule has 0 atom stereocenters. The van der Waals surface area contributed by atoms with Gasteiger partial charge in [0.25, 0.3) is 0 Å². The van der Waals surface area contributed by atoms with Crippen molar-refractivity contribution in [2.75, 3.05) is 0 Å². The van der Waals surface area contributed by atoms with Gasteiger partial charge in [-0.25, -0.2) is 0 Å². The van der Waals surface area contributed by atoms with Gasteiger partial charge in [0.15, 0.2) is 0 Å². The average molecular weight is 275 g/mol. The quantitative estimate of drug-likeness (QED) is 0.836. The first kappa shape index (κ1) is 13.9. The maximum Gasteiger partial charge on any atom is 0.500 e. The van der Waals surface area contributed by atoms with Crippen LogP contribution in [0.3, 0.4) is 0 Å². The molecule has 0 radical (unpaired) electrons. The van der Waals surface area contributed by atoms with Gasteiger partial charge in [0.05, 0.1) is 16.7 Å². The number of aromatic amines is 1. The zero-order chi connectivity index (χ0) is 14.8. The van der Waals surface area contributed by atoms with Crippen molar-refractivity contribution in [1.29, 1.82) is 0 Å². The molecule has 0 bridgehead atoms. The minimum Gasteiger partial charge on any atom is -0.399 e. The molecule has 0 aromatic carbocycles. The Morgan fingerprint density at radius 3 is 2.15 bits per heavy atom. The van der Waals surface area contributed by atoms with Crippen molar-refractivity contribution in [3.8, 4) is 0 Å². The molecule has 1 aliphatic heterocycles. The van der Waals surface area contributed by atoms with Crippen molar-refractivity contribution in [3.63, 3.8) is 0 Å². The molecule has 2 heterocycles. The van der Waals surface area contributed by atoms with E-state index < -0.39 is 18.3 Å². The first-order chi connectivity index (χ1) is 9.16. The van der Waals surface area contributed by atoms with E-state index in [1.807, 2.05) is 33.8 Å². The molecule has 1 saturated heterocycles. The summed E-state index contributed by atoms with van der Waals surface area (Å²) >= 11 is 0. The largest absolute Gasteiger partial charge is 0.500 e. The van der Waals surface area contributed by atoms with Crippen molar-refractivity contribution in [1.82, 2.24) is 4.98 Å². The van der Waals surface area contributed by atoms with E-state index in [0.717, 1.165) is 18.4 Å². The van der Waals surface area contributed by atoms with E-state index in [1.165, 1.54) is 0 Å². The van der Waals surface area contributed by atoms with Gasteiger partial charge in [-0.15, -0.1) is 0 Å². The standard InChI is InChI=1S/C15H22BNO3/c1-13(2)14(3,4)20-16(19-13)11-10(15(5)7-8-15)6-9-17-12(11)18/h6,9H,7-8H2,1-5H3,(H,17,18). The van der Waals surface area contributed by atoms with Crippen LogP contribution in [0.2, 0.25) is 0 Å². The van der Waals surface area contributed by atoms with Crippen molar-refractivity contribution in [3.05, 3.63) is 28.2 Å². The highest BCUT2D eigenvalue weighted by Crippen LogP contribution is 2.47. The Balaban J connectivity index is 2.06. The van der Waals surface area contributed by atoms with Gasteiger partial charge in [0.1, 0.15) is 0 Å². The molecule has 1 N–H and O–H groups in total. The third-order valence-corrected chi connectivity index (χ3v) is 5.14. The van der Waals surface area contributed by atoms with Crippen LogP contribution in [0.1, 0.15) is 53.0 Å². The highest BCUT2D eigenvalue weighted by molar-refractivity contribution is 6.62. The summed E-state index contributed by atoms with van der Waals surface area (Å²) in [4.78, 5) is 15.1. The van der Waals surface area contributed by atoms with E-state index in [9.17, 15) is 4.79 Å². The fourth-order valence-corrected chi connectivity index (χ4v) is 2.67. The zero-order valence-electron chi connectivity index (χ0n) is 12.9. The molecule has 1 aliphatic carbocycles. The van der Waals surface area contributed by atoms with E-state index >= 15 is 0 Å². The fraction of sp³-hybridized carbons (Fsp3) is 0.667. The van der Waals surface area contributed by atoms with Crippen LogP contribution in [-0.4, -0.2) is 23.3 Å². The van der Waals surface area contributed by atoms with Crippen LogP contribution in [0.15, 0.2) is 17.1 Å². The van der Waals surface area contributed by atoms with Crippen molar-refractivity contribution >= 4 is 12.6 Å². The van der Waals surface area contributed by atoms with Gasteiger partial charge in [-0.3, -0.25) is 4.79 Å². The van der Waals surface area contributed by atoms with Crippen LogP contribution in [0.5, 0.6) is 0 Å².